The van der Waals surface area contributed by atoms with Gasteiger partial charge in [-0.3, -0.25) is 0 Å². The fourth-order valence-corrected chi connectivity index (χ4v) is 2.25. The van der Waals surface area contributed by atoms with Gasteiger partial charge in [-0.05, 0) is 11.1 Å². The zero-order valence-electron chi connectivity index (χ0n) is 13.5. The van der Waals surface area contributed by atoms with Gasteiger partial charge in [0.25, 0.3) is 0 Å². The van der Waals surface area contributed by atoms with Crippen LogP contribution in [0.2, 0.25) is 0 Å². The number of hydrogen-bond donors (Lipinski definition) is 3. The average Bonchev–Trinajstić information content (AvgIpc) is 2.65. The third-order valence-electron chi connectivity index (χ3n) is 3.66. The van der Waals surface area contributed by atoms with Gasteiger partial charge in [0.05, 0.1) is 26.4 Å². The molecule has 0 saturated carbocycles. The molecule has 130 valence electrons. The lowest BCUT2D eigenvalue weighted by Crippen LogP contribution is -2.43. The first kappa shape index (κ1) is 18.6. The molecule has 0 heterocycles. The van der Waals surface area contributed by atoms with Crippen LogP contribution in [0.3, 0.4) is 0 Å². The summed E-state index contributed by atoms with van der Waals surface area (Å²) in [5, 5.41) is 28.8. The van der Waals surface area contributed by atoms with Crippen LogP contribution in [0.4, 0.5) is 0 Å². The summed E-state index contributed by atoms with van der Waals surface area (Å²) in [4.78, 5) is 0. The van der Waals surface area contributed by atoms with Gasteiger partial charge in [0.1, 0.15) is 18.3 Å². The molecule has 3 atom stereocenters. The summed E-state index contributed by atoms with van der Waals surface area (Å²) in [5.41, 5.74) is 1.97. The maximum absolute atomic E-state index is 10.1. The Kier molecular flexibility index (Phi) is 7.88. The summed E-state index contributed by atoms with van der Waals surface area (Å²) in [7, 11) is 0. The molecule has 2 aromatic carbocycles. The summed E-state index contributed by atoms with van der Waals surface area (Å²) < 4.78 is 11.3. The van der Waals surface area contributed by atoms with E-state index in [2.05, 4.69) is 0 Å². The molecule has 0 unspecified atom stereocenters. The van der Waals surface area contributed by atoms with Crippen molar-refractivity contribution in [2.75, 3.05) is 13.2 Å². The van der Waals surface area contributed by atoms with Crippen molar-refractivity contribution >= 4 is 0 Å². The Balaban J connectivity index is 1.89. The Labute approximate surface area is 142 Å². The van der Waals surface area contributed by atoms with E-state index in [0.717, 1.165) is 11.1 Å². The predicted octanol–water partition coefficient (Wildman–Crippen LogP) is 1.50. The molecule has 2 aromatic rings. The highest BCUT2D eigenvalue weighted by Crippen LogP contribution is 2.11. The summed E-state index contributed by atoms with van der Waals surface area (Å²) in [5.74, 6) is 0. The number of hydrogen-bond acceptors (Lipinski definition) is 5. The number of benzene rings is 2. The van der Waals surface area contributed by atoms with Crippen molar-refractivity contribution in [3.8, 4) is 0 Å². The van der Waals surface area contributed by atoms with Gasteiger partial charge in [-0.1, -0.05) is 60.7 Å². The molecular weight excluding hydrogens is 308 g/mol. The van der Waals surface area contributed by atoms with Gasteiger partial charge in [0.2, 0.25) is 0 Å². The number of ether oxygens (including phenoxy) is 2. The van der Waals surface area contributed by atoms with E-state index in [1.54, 1.807) is 0 Å². The highest BCUT2D eigenvalue weighted by atomic mass is 16.5. The summed E-state index contributed by atoms with van der Waals surface area (Å²) in [6.45, 7) is 0.244. The molecule has 5 nitrogen and oxygen atoms in total. The minimum atomic E-state index is -1.27. The molecule has 0 saturated heterocycles. The van der Waals surface area contributed by atoms with E-state index in [1.165, 1.54) is 0 Å². The maximum atomic E-state index is 10.1. The lowest BCUT2D eigenvalue weighted by Gasteiger charge is -2.26. The minimum Gasteiger partial charge on any atom is -0.394 e. The first-order valence-corrected chi connectivity index (χ1v) is 7.95. The molecule has 0 aromatic heterocycles. The second-order valence-electron chi connectivity index (χ2n) is 5.58. The smallest absolute Gasteiger partial charge is 0.111 e. The minimum absolute atomic E-state index is 0.111. The molecule has 3 N–H and O–H groups in total. The maximum Gasteiger partial charge on any atom is 0.111 e. The van der Waals surface area contributed by atoms with Crippen molar-refractivity contribution in [2.24, 2.45) is 0 Å². The van der Waals surface area contributed by atoms with Gasteiger partial charge in [0, 0.05) is 0 Å². The van der Waals surface area contributed by atoms with Gasteiger partial charge in [-0.15, -0.1) is 0 Å². The van der Waals surface area contributed by atoms with Gasteiger partial charge in [0.15, 0.2) is 0 Å². The lowest BCUT2D eigenvalue weighted by atomic mass is 10.1. The van der Waals surface area contributed by atoms with E-state index in [1.807, 2.05) is 60.7 Å². The molecule has 0 aliphatic rings. The average molecular weight is 332 g/mol. The molecule has 24 heavy (non-hydrogen) atoms. The monoisotopic (exact) mass is 332 g/mol. The molecule has 0 amide bonds. The van der Waals surface area contributed by atoms with E-state index < -0.39 is 24.9 Å². The van der Waals surface area contributed by atoms with E-state index in [9.17, 15) is 10.2 Å². The van der Waals surface area contributed by atoms with Crippen LogP contribution in [0.25, 0.3) is 0 Å². The Morgan fingerprint density at radius 3 is 1.88 bits per heavy atom. The highest BCUT2D eigenvalue weighted by molar-refractivity contribution is 5.14. The van der Waals surface area contributed by atoms with Gasteiger partial charge in [-0.2, -0.15) is 0 Å². The van der Waals surface area contributed by atoms with Crippen molar-refractivity contribution < 1.29 is 24.8 Å². The van der Waals surface area contributed by atoms with Crippen LogP contribution in [0, 0.1) is 0 Å². The molecule has 0 fully saturated rings. The number of rotatable bonds is 10. The molecule has 2 rings (SSSR count). The third-order valence-corrected chi connectivity index (χ3v) is 3.66. The van der Waals surface area contributed by atoms with E-state index >= 15 is 0 Å². The third kappa shape index (κ3) is 6.03. The second-order valence-corrected chi connectivity index (χ2v) is 5.58. The molecular formula is C19H24O5. The first-order valence-electron chi connectivity index (χ1n) is 7.95. The molecule has 5 heteroatoms. The SMILES string of the molecule is OC[C@@H](O)[C@H](O)[C@@H](COCc1ccccc1)OCc1ccccc1. The number of aliphatic hydroxyl groups excluding tert-OH is 3. The van der Waals surface area contributed by atoms with Crippen LogP contribution < -0.4 is 0 Å². The van der Waals surface area contributed by atoms with Crippen LogP contribution in [0.5, 0.6) is 0 Å². The van der Waals surface area contributed by atoms with Crippen LogP contribution in [0.1, 0.15) is 11.1 Å². The van der Waals surface area contributed by atoms with Crippen molar-refractivity contribution in [3.63, 3.8) is 0 Å². The molecule has 0 radical (unpaired) electrons. The Morgan fingerprint density at radius 2 is 1.33 bits per heavy atom. The fourth-order valence-electron chi connectivity index (χ4n) is 2.25. The second kappa shape index (κ2) is 10.2. The van der Waals surface area contributed by atoms with Crippen LogP contribution >= 0.6 is 0 Å². The van der Waals surface area contributed by atoms with Gasteiger partial charge >= 0.3 is 0 Å². The van der Waals surface area contributed by atoms with Crippen LogP contribution in [0.15, 0.2) is 60.7 Å². The standard InChI is InChI=1S/C19H24O5/c20-11-17(21)19(22)18(24-13-16-9-5-2-6-10-16)14-23-12-15-7-3-1-4-8-15/h1-10,17-22H,11-14H2/t17-,18-,19+/m1/s1. The van der Waals surface area contributed by atoms with Crippen LogP contribution in [-0.4, -0.2) is 46.8 Å². The van der Waals surface area contributed by atoms with Crippen molar-refractivity contribution in [3.05, 3.63) is 71.8 Å². The fraction of sp³-hybridized carbons (Fsp3) is 0.368. The number of aliphatic hydroxyl groups is 3. The lowest BCUT2D eigenvalue weighted by molar-refractivity contribution is -0.131. The normalized spacial score (nSPS) is 15.0. The van der Waals surface area contributed by atoms with Crippen molar-refractivity contribution in [2.45, 2.75) is 31.5 Å². The topological polar surface area (TPSA) is 79.2 Å². The van der Waals surface area contributed by atoms with Crippen LogP contribution in [-0.2, 0) is 22.7 Å². The van der Waals surface area contributed by atoms with Gasteiger partial charge in [-0.25, -0.2) is 0 Å². The zero-order valence-corrected chi connectivity index (χ0v) is 13.5. The largest absolute Gasteiger partial charge is 0.394 e. The van der Waals surface area contributed by atoms with E-state index in [4.69, 9.17) is 14.6 Å². The zero-order chi connectivity index (χ0) is 17.2. The summed E-state index contributed by atoms with van der Waals surface area (Å²) >= 11 is 0. The first-order chi connectivity index (χ1) is 11.7. The summed E-state index contributed by atoms with van der Waals surface area (Å²) in [6, 6.07) is 19.2. The molecule has 0 spiro atoms. The van der Waals surface area contributed by atoms with Crippen molar-refractivity contribution in [1.82, 2.24) is 0 Å². The summed E-state index contributed by atoms with van der Waals surface area (Å²) in [6.07, 6.45) is -3.24. The Hall–Kier alpha value is -1.76. The molecule has 0 aliphatic carbocycles. The molecule has 0 aliphatic heterocycles. The van der Waals surface area contributed by atoms with E-state index in [-0.39, 0.29) is 13.2 Å². The highest BCUT2D eigenvalue weighted by Gasteiger charge is 2.27. The van der Waals surface area contributed by atoms with Gasteiger partial charge < -0.3 is 24.8 Å². The van der Waals surface area contributed by atoms with Crippen molar-refractivity contribution in [1.29, 1.82) is 0 Å². The predicted molar refractivity (Wildman–Crippen MR) is 90.2 cm³/mol. The molecule has 0 bridgehead atoms. The quantitative estimate of drug-likeness (QED) is 0.614. The van der Waals surface area contributed by atoms with E-state index in [0.29, 0.717) is 6.61 Å². The Morgan fingerprint density at radius 1 is 0.792 bits per heavy atom. The Bertz CT molecular complexity index is 560.